The summed E-state index contributed by atoms with van der Waals surface area (Å²) in [5.74, 6) is 0. The molecule has 2 nitrogen and oxygen atoms in total. The lowest BCUT2D eigenvalue weighted by Crippen LogP contribution is -2.28. The summed E-state index contributed by atoms with van der Waals surface area (Å²) in [7, 11) is 0. The van der Waals surface area contributed by atoms with Crippen molar-refractivity contribution in [3.05, 3.63) is 0 Å². The Kier molecular flexibility index (Phi) is 4.80. The molecule has 0 radical (unpaired) electrons. The van der Waals surface area contributed by atoms with E-state index in [1.165, 1.54) is 0 Å². The van der Waals surface area contributed by atoms with Crippen molar-refractivity contribution in [2.45, 2.75) is 25.8 Å². The minimum atomic E-state index is -2.26. The zero-order valence-corrected chi connectivity index (χ0v) is 9.90. The fraction of sp³-hybridized carbons (Fsp3) is 0.800. The topological polar surface area (TPSA) is 37.3 Å². The van der Waals surface area contributed by atoms with Gasteiger partial charge in [0.1, 0.15) is 0 Å². The SMILES string of the molecule is CCCC[Si](Br)(Br)C(=O)O. The molecule has 1 N–H and O–H groups in total. The Morgan fingerprint density at radius 1 is 1.60 bits per heavy atom. The van der Waals surface area contributed by atoms with Gasteiger partial charge in [-0.05, 0) is 6.04 Å². The summed E-state index contributed by atoms with van der Waals surface area (Å²) in [6, 6.07) is 0.749. The standard InChI is InChI=1S/C5H10Br2O2Si/c1-2-3-4-10(6,7)5(8)9/h2-4H2,1H3,(H,8,9). The zero-order valence-electron chi connectivity index (χ0n) is 5.73. The normalized spacial score (nSPS) is 11.5. The highest BCUT2D eigenvalue weighted by Gasteiger charge is 2.35. The summed E-state index contributed by atoms with van der Waals surface area (Å²) in [6.07, 6.45) is 2.01. The van der Waals surface area contributed by atoms with Gasteiger partial charge >= 0.3 is 5.31 Å². The first kappa shape index (κ1) is 10.6. The smallest absolute Gasteiger partial charge is 0.322 e. The summed E-state index contributed by atoms with van der Waals surface area (Å²) in [6.45, 7) is 2.05. The van der Waals surface area contributed by atoms with Gasteiger partial charge in [-0.25, -0.2) is 0 Å². The van der Waals surface area contributed by atoms with Gasteiger partial charge in [0.2, 0.25) is 0 Å². The summed E-state index contributed by atoms with van der Waals surface area (Å²) >= 11 is 6.41. The highest BCUT2D eigenvalue weighted by Crippen LogP contribution is 2.27. The Morgan fingerprint density at radius 3 is 2.40 bits per heavy atom. The molecule has 5 heteroatoms. The largest absolute Gasteiger partial charge is 0.484 e. The fourth-order valence-corrected chi connectivity index (χ4v) is 3.20. The van der Waals surface area contributed by atoms with Crippen LogP contribution in [-0.2, 0) is 0 Å². The molecule has 0 amide bonds. The van der Waals surface area contributed by atoms with Crippen molar-refractivity contribution in [1.82, 2.24) is 0 Å². The maximum Gasteiger partial charge on any atom is 0.322 e. The molecule has 0 fully saturated rings. The number of carboxylic acid groups (broad SMARTS) is 1. The lowest BCUT2D eigenvalue weighted by Gasteiger charge is -2.09. The van der Waals surface area contributed by atoms with Crippen LogP contribution in [0.15, 0.2) is 0 Å². The molecule has 0 rings (SSSR count). The quantitative estimate of drug-likeness (QED) is 0.637. The van der Waals surface area contributed by atoms with Crippen LogP contribution >= 0.6 is 30.6 Å². The van der Waals surface area contributed by atoms with E-state index in [9.17, 15) is 4.79 Å². The number of halogens is 2. The molecular formula is C5H10Br2O2Si. The number of carbonyl (C=O) groups is 1. The van der Waals surface area contributed by atoms with E-state index in [-0.39, 0.29) is 0 Å². The molecule has 0 aromatic rings. The van der Waals surface area contributed by atoms with Crippen LogP contribution in [0.3, 0.4) is 0 Å². The van der Waals surface area contributed by atoms with E-state index >= 15 is 0 Å². The summed E-state index contributed by atoms with van der Waals surface area (Å²) in [5, 5.41) is 6.38. The molecule has 0 bridgehead atoms. The van der Waals surface area contributed by atoms with Gasteiger partial charge in [-0.3, -0.25) is 4.79 Å². The average molecular weight is 290 g/mol. The van der Waals surface area contributed by atoms with Crippen molar-refractivity contribution in [2.75, 3.05) is 0 Å². The molecule has 10 heavy (non-hydrogen) atoms. The lowest BCUT2D eigenvalue weighted by atomic mass is 10.4. The van der Waals surface area contributed by atoms with Crippen molar-refractivity contribution in [3.63, 3.8) is 0 Å². The van der Waals surface area contributed by atoms with Crippen molar-refractivity contribution in [1.29, 1.82) is 0 Å². The molecule has 0 aliphatic rings. The van der Waals surface area contributed by atoms with Crippen molar-refractivity contribution in [3.8, 4) is 0 Å². The van der Waals surface area contributed by atoms with Crippen LogP contribution < -0.4 is 0 Å². The van der Waals surface area contributed by atoms with Crippen molar-refractivity contribution in [2.24, 2.45) is 0 Å². The van der Waals surface area contributed by atoms with E-state index in [0.29, 0.717) is 0 Å². The van der Waals surface area contributed by atoms with Gasteiger partial charge in [0.15, 0.2) is 0 Å². The predicted octanol–water partition coefficient (Wildman–Crippen LogP) is 3.28. The van der Waals surface area contributed by atoms with E-state index in [1.807, 2.05) is 6.92 Å². The number of hydrogen-bond acceptors (Lipinski definition) is 1. The van der Waals surface area contributed by atoms with Gasteiger partial charge < -0.3 is 5.11 Å². The van der Waals surface area contributed by atoms with Crippen molar-refractivity contribution < 1.29 is 9.90 Å². The molecule has 0 aliphatic heterocycles. The third-order valence-corrected chi connectivity index (χ3v) is 7.18. The van der Waals surface area contributed by atoms with Crippen molar-refractivity contribution >= 4 is 41.5 Å². The van der Waals surface area contributed by atoms with Crippen LogP contribution in [0.2, 0.25) is 6.04 Å². The molecule has 0 aliphatic carbocycles. The van der Waals surface area contributed by atoms with E-state index in [0.717, 1.165) is 18.9 Å². The molecule has 0 saturated carbocycles. The van der Waals surface area contributed by atoms with E-state index in [1.54, 1.807) is 0 Å². The highest BCUT2D eigenvalue weighted by atomic mass is 79.9. The second kappa shape index (κ2) is 4.51. The van der Waals surface area contributed by atoms with Crippen LogP contribution in [0.4, 0.5) is 4.79 Å². The number of rotatable bonds is 4. The average Bonchev–Trinajstić information content (AvgIpc) is 1.84. The van der Waals surface area contributed by atoms with Crippen LogP contribution in [0, 0.1) is 0 Å². The maximum atomic E-state index is 10.5. The van der Waals surface area contributed by atoms with Gasteiger partial charge in [0, 0.05) is 0 Å². The maximum absolute atomic E-state index is 10.5. The summed E-state index contributed by atoms with van der Waals surface area (Å²) < 4.78 is 0. The molecular weight excluding hydrogens is 280 g/mol. The third-order valence-electron chi connectivity index (χ3n) is 1.16. The highest BCUT2D eigenvalue weighted by molar-refractivity contribution is 9.52. The van der Waals surface area contributed by atoms with E-state index in [2.05, 4.69) is 30.6 Å². The lowest BCUT2D eigenvalue weighted by molar-refractivity contribution is 0.219. The first-order valence-corrected chi connectivity index (χ1v) is 9.84. The molecule has 60 valence electrons. The monoisotopic (exact) mass is 288 g/mol. The van der Waals surface area contributed by atoms with Crippen LogP contribution in [0.1, 0.15) is 19.8 Å². The first-order valence-electron chi connectivity index (χ1n) is 3.12. The number of unbranched alkanes of at least 4 members (excludes halogenated alkanes) is 1. The van der Waals surface area contributed by atoms with Crippen LogP contribution in [-0.4, -0.2) is 16.0 Å². The van der Waals surface area contributed by atoms with E-state index in [4.69, 9.17) is 5.11 Å². The van der Waals surface area contributed by atoms with Gasteiger partial charge in [0.05, 0.1) is 0 Å². The summed E-state index contributed by atoms with van der Waals surface area (Å²) in [5.41, 5.74) is -0.721. The van der Waals surface area contributed by atoms with Crippen LogP contribution in [0.25, 0.3) is 0 Å². The van der Waals surface area contributed by atoms with E-state index < -0.39 is 10.9 Å². The molecule has 0 spiro atoms. The Morgan fingerprint density at radius 2 is 2.10 bits per heavy atom. The Hall–Kier alpha value is 0.647. The first-order chi connectivity index (χ1) is 4.50. The fourth-order valence-electron chi connectivity index (χ4n) is 0.506. The van der Waals surface area contributed by atoms with Gasteiger partial charge in [-0.2, -0.15) is 0 Å². The Bertz CT molecular complexity index is 127. The Labute approximate surface area is 77.2 Å². The predicted molar refractivity (Wildman–Crippen MR) is 51.3 cm³/mol. The molecule has 0 saturated heterocycles. The second-order valence-electron chi connectivity index (χ2n) is 2.11. The van der Waals surface area contributed by atoms with Gasteiger partial charge in [-0.15, -0.1) is 0 Å². The minimum absolute atomic E-state index is 0.721. The zero-order chi connectivity index (χ0) is 8.20. The van der Waals surface area contributed by atoms with Crippen LogP contribution in [0.5, 0.6) is 0 Å². The molecule has 0 aromatic carbocycles. The van der Waals surface area contributed by atoms with Gasteiger partial charge in [-0.1, -0.05) is 50.4 Å². The molecule has 0 heterocycles. The van der Waals surface area contributed by atoms with Gasteiger partial charge in [0.25, 0.3) is 5.59 Å². The molecule has 0 aromatic heterocycles. The number of hydrogen-bond donors (Lipinski definition) is 1. The molecule has 0 atom stereocenters. The molecule has 0 unspecified atom stereocenters. The minimum Gasteiger partial charge on any atom is -0.484 e. The summed E-state index contributed by atoms with van der Waals surface area (Å²) in [4.78, 5) is 10.5. The second-order valence-corrected chi connectivity index (χ2v) is 15.8. The Balaban J connectivity index is 3.75. The third kappa shape index (κ3) is 3.73.